The maximum atomic E-state index is 5.14. The van der Waals surface area contributed by atoms with Gasteiger partial charge >= 0.3 is 0 Å². The number of hydrogen-bond donors (Lipinski definition) is 0. The van der Waals surface area contributed by atoms with Crippen LogP contribution < -0.4 is 0 Å². The van der Waals surface area contributed by atoms with Gasteiger partial charge in [-0.05, 0) is 0 Å². The predicted molar refractivity (Wildman–Crippen MR) is 27.6 cm³/mol. The average molecular weight is 69.9 g/mol. The predicted octanol–water partition coefficient (Wildman–Crippen LogP) is 1.62. The first-order valence-electron chi connectivity index (χ1n) is 2.12. The van der Waals surface area contributed by atoms with E-state index >= 15 is 0 Å². The summed E-state index contributed by atoms with van der Waals surface area (Å²) in [6.45, 7) is 2.13. The maximum Gasteiger partial charge on any atom is 0.0652 e. The molecule has 0 saturated heterocycles. The van der Waals surface area contributed by atoms with Crippen molar-refractivity contribution < 1.29 is 1.43 Å². The number of unbranched alkanes of at least 4 members (excludes halogenated alkanes) is 1. The van der Waals surface area contributed by atoms with E-state index in [0.29, 0.717) is 0 Å². The van der Waals surface area contributed by atoms with Gasteiger partial charge in [-0.25, -0.2) is 0 Å². The molecule has 0 nitrogen and oxygen atoms in total. The molecule has 0 aromatic carbocycles. The molecule has 0 fully saturated rings. The lowest BCUT2D eigenvalue weighted by molar-refractivity contribution is 0.884. The van der Waals surface area contributed by atoms with Gasteiger partial charge in [0.25, 0.3) is 0 Å². The van der Waals surface area contributed by atoms with Crippen molar-refractivity contribution in [3.05, 3.63) is 0 Å². The first-order valence-corrected chi connectivity index (χ1v) is 2.12. The molecule has 0 aromatic rings. The molecule has 5 heavy (non-hydrogen) atoms. The van der Waals surface area contributed by atoms with E-state index in [1.807, 2.05) is 0 Å². The van der Waals surface area contributed by atoms with Gasteiger partial charge < -0.3 is 0 Å². The summed E-state index contributed by atoms with van der Waals surface area (Å²) in [6, 6.07) is 0. The van der Waals surface area contributed by atoms with Crippen LogP contribution in [0.15, 0.2) is 0 Å². The molecule has 0 unspecified atom stereocenters. The van der Waals surface area contributed by atoms with E-state index in [9.17, 15) is 0 Å². The summed E-state index contributed by atoms with van der Waals surface area (Å²) in [7, 11) is 5.14. The fraction of sp³-hybridized carbons (Fsp3) is 1.00. The Morgan fingerprint density at radius 3 is 2.40 bits per heavy atom. The molecule has 0 aliphatic heterocycles. The third kappa shape index (κ3) is 4.06. The molecule has 1 heteroatoms. The molecule has 0 heterocycles. The van der Waals surface area contributed by atoms with Gasteiger partial charge in [0.15, 0.2) is 0 Å². The minimum Gasteiger partial charge on any atom is -0.0887 e. The lowest BCUT2D eigenvalue weighted by Gasteiger charge is -1.79. The van der Waals surface area contributed by atoms with Crippen LogP contribution in [-0.2, 0) is 0 Å². The summed E-state index contributed by atoms with van der Waals surface area (Å²) in [5.41, 5.74) is 0. The topological polar surface area (TPSA) is 0 Å². The van der Waals surface area contributed by atoms with Crippen LogP contribution in [0.5, 0.6) is 0 Å². The summed E-state index contributed by atoms with van der Waals surface area (Å²) < 4.78 is 0. The molecule has 30 valence electrons. The summed E-state index contributed by atoms with van der Waals surface area (Å²) >= 11 is 0. The molecule has 0 amide bonds. The van der Waals surface area contributed by atoms with E-state index in [1.165, 1.54) is 12.8 Å². The van der Waals surface area contributed by atoms with Crippen molar-refractivity contribution in [3.8, 4) is 0 Å². The van der Waals surface area contributed by atoms with E-state index in [2.05, 4.69) is 6.92 Å². The third-order valence-corrected chi connectivity index (χ3v) is 0.558. The lowest BCUT2D eigenvalue weighted by atomic mass is 10.0. The molecular weight excluding hydrogens is 58.9 g/mol. The van der Waals surface area contributed by atoms with Gasteiger partial charge in [0, 0.05) is 1.43 Å². The van der Waals surface area contributed by atoms with E-state index in [0.717, 1.165) is 6.32 Å². The highest BCUT2D eigenvalue weighted by atomic mass is 13.7. The Morgan fingerprint density at radius 2 is 2.40 bits per heavy atom. The Labute approximate surface area is 36.5 Å². The largest absolute Gasteiger partial charge is 0.0887 e. The molecule has 0 aliphatic carbocycles. The Bertz CT molecular complexity index is 15.0. The summed E-state index contributed by atoms with van der Waals surface area (Å²) in [6.07, 6.45) is 3.23. The highest BCUT2D eigenvalue weighted by Gasteiger charge is 1.68. The van der Waals surface area contributed by atoms with Crippen molar-refractivity contribution in [2.24, 2.45) is 0 Å². The maximum absolute atomic E-state index is 5.14. The van der Waals surface area contributed by atoms with Crippen LogP contribution in [0.3, 0.4) is 0 Å². The highest BCUT2D eigenvalue weighted by Crippen LogP contribution is 1.86. The second-order valence-corrected chi connectivity index (χ2v) is 1.14. The fourth-order valence-electron chi connectivity index (χ4n) is 0.204. The first-order chi connectivity index (χ1) is 2.41. The Morgan fingerprint density at radius 1 is 1.80 bits per heavy atom. The van der Waals surface area contributed by atoms with Crippen LogP contribution in [0.25, 0.3) is 0 Å². The minimum atomic E-state index is 0. The van der Waals surface area contributed by atoms with Crippen molar-refractivity contribution in [2.75, 3.05) is 0 Å². The lowest BCUT2D eigenvalue weighted by Crippen LogP contribution is -1.63. The standard InChI is InChI=1S/C4H9B.H2/c1-2-3-4-5;/h2-4H2,1H3;1H. The first kappa shape index (κ1) is 5.06. The van der Waals surface area contributed by atoms with Crippen molar-refractivity contribution in [1.82, 2.24) is 0 Å². The van der Waals surface area contributed by atoms with Crippen LogP contribution in [0.4, 0.5) is 0 Å². The van der Waals surface area contributed by atoms with Crippen molar-refractivity contribution in [2.45, 2.75) is 26.1 Å². The average Bonchev–Trinajstić information content (AvgIpc) is 1.41. The van der Waals surface area contributed by atoms with Gasteiger partial charge in [0.1, 0.15) is 0 Å². The molecule has 0 aromatic heterocycles. The van der Waals surface area contributed by atoms with Gasteiger partial charge in [-0.15, -0.1) is 0 Å². The van der Waals surface area contributed by atoms with Gasteiger partial charge in [0.05, 0.1) is 7.85 Å². The second-order valence-electron chi connectivity index (χ2n) is 1.14. The molecule has 0 bridgehead atoms. The normalized spacial score (nSPS) is 8.20. The third-order valence-electron chi connectivity index (χ3n) is 0.558. The van der Waals surface area contributed by atoms with Crippen LogP contribution in [0, 0.1) is 0 Å². The zero-order valence-electron chi connectivity index (χ0n) is 3.70. The molecular formula is C4H11B. The van der Waals surface area contributed by atoms with Crippen LogP contribution >= 0.6 is 0 Å². The monoisotopic (exact) mass is 70.1 g/mol. The molecule has 0 aliphatic rings. The zero-order chi connectivity index (χ0) is 4.12. The molecule has 0 saturated carbocycles. The van der Waals surface area contributed by atoms with Crippen molar-refractivity contribution in [1.29, 1.82) is 0 Å². The van der Waals surface area contributed by atoms with E-state index in [4.69, 9.17) is 7.85 Å². The fourth-order valence-corrected chi connectivity index (χ4v) is 0.204. The van der Waals surface area contributed by atoms with Gasteiger partial charge in [-0.3, -0.25) is 0 Å². The molecule has 0 spiro atoms. The van der Waals surface area contributed by atoms with Crippen LogP contribution in [-0.4, -0.2) is 7.85 Å². The second kappa shape index (κ2) is 4.06. The van der Waals surface area contributed by atoms with Crippen molar-refractivity contribution >= 4 is 7.85 Å². The molecule has 2 radical (unpaired) electrons. The molecule has 0 rings (SSSR count). The minimum absolute atomic E-state index is 0. The van der Waals surface area contributed by atoms with Crippen LogP contribution in [0.1, 0.15) is 21.2 Å². The van der Waals surface area contributed by atoms with Gasteiger partial charge in [-0.2, -0.15) is 0 Å². The van der Waals surface area contributed by atoms with Gasteiger partial charge in [0.2, 0.25) is 0 Å². The smallest absolute Gasteiger partial charge is 0.0652 e. The Balaban J connectivity index is 0. The van der Waals surface area contributed by atoms with E-state index in [-0.39, 0.29) is 1.43 Å². The summed E-state index contributed by atoms with van der Waals surface area (Å²) in [5.74, 6) is 0. The van der Waals surface area contributed by atoms with E-state index in [1.54, 1.807) is 0 Å². The zero-order valence-corrected chi connectivity index (χ0v) is 3.70. The quantitative estimate of drug-likeness (QED) is 0.433. The van der Waals surface area contributed by atoms with E-state index < -0.39 is 0 Å². The molecule has 0 N–H and O–H groups in total. The molecule has 0 atom stereocenters. The summed E-state index contributed by atoms with van der Waals surface area (Å²) in [4.78, 5) is 0. The Hall–Kier alpha value is 0.0649. The summed E-state index contributed by atoms with van der Waals surface area (Å²) in [5, 5.41) is 0. The Kier molecular flexibility index (Phi) is 4.12. The highest BCUT2D eigenvalue weighted by molar-refractivity contribution is 6.08. The number of hydrogen-bond acceptors (Lipinski definition) is 0. The van der Waals surface area contributed by atoms with Crippen molar-refractivity contribution in [3.63, 3.8) is 0 Å². The SMILES string of the molecule is [B]CCCC.[HH]. The van der Waals surface area contributed by atoms with Crippen LogP contribution in [0.2, 0.25) is 6.32 Å². The van der Waals surface area contributed by atoms with Gasteiger partial charge in [-0.1, -0.05) is 26.1 Å². The number of rotatable bonds is 2.